The topological polar surface area (TPSA) is 72.5 Å². The van der Waals surface area contributed by atoms with Crippen LogP contribution in [0.15, 0.2) is 35.2 Å². The number of hydrogen-bond donors (Lipinski definition) is 1. The Hall–Kier alpha value is -2.10. The molecule has 160 valence electrons. The minimum absolute atomic E-state index is 0.0238. The van der Waals surface area contributed by atoms with Gasteiger partial charge in [-0.3, -0.25) is 4.79 Å². The van der Waals surface area contributed by atoms with Crippen LogP contribution in [-0.4, -0.2) is 31.8 Å². The van der Waals surface area contributed by atoms with Crippen molar-refractivity contribution in [2.45, 2.75) is 48.0 Å². The van der Waals surface area contributed by atoms with Gasteiger partial charge in [0.1, 0.15) is 0 Å². The number of anilines is 1. The number of sulfone groups is 1. The Morgan fingerprint density at radius 2 is 1.63 bits per heavy atom. The molecule has 2 aromatic carbocycles. The molecule has 10 heteroatoms. The molecule has 0 spiro atoms. The first-order chi connectivity index (χ1) is 14.1. The van der Waals surface area contributed by atoms with Crippen molar-refractivity contribution in [1.29, 1.82) is 0 Å². The van der Waals surface area contributed by atoms with Crippen LogP contribution < -0.4 is 5.32 Å². The Balaban J connectivity index is 1.61. The van der Waals surface area contributed by atoms with Gasteiger partial charge in [-0.2, -0.15) is 0 Å². The van der Waals surface area contributed by atoms with Crippen LogP contribution in [0.5, 0.6) is 0 Å². The summed E-state index contributed by atoms with van der Waals surface area (Å²) in [5.41, 5.74) is -0.380. The number of amides is 1. The van der Waals surface area contributed by atoms with E-state index in [2.05, 4.69) is 5.32 Å². The summed E-state index contributed by atoms with van der Waals surface area (Å²) in [5.74, 6) is -5.39. The zero-order valence-corrected chi connectivity index (χ0v) is 17.1. The highest BCUT2D eigenvalue weighted by atomic mass is 35.5. The van der Waals surface area contributed by atoms with Crippen LogP contribution in [0.4, 0.5) is 18.9 Å². The van der Waals surface area contributed by atoms with Crippen LogP contribution in [0.3, 0.4) is 0 Å². The van der Waals surface area contributed by atoms with E-state index in [1.165, 1.54) is 12.1 Å². The predicted octanol–water partition coefficient (Wildman–Crippen LogP) is 4.49. The lowest BCUT2D eigenvalue weighted by atomic mass is 10.1. The number of benzene rings is 2. The molecule has 2 heterocycles. The molecule has 0 radical (unpaired) electrons. The molecule has 5 nitrogen and oxygen atoms in total. The largest absolute Gasteiger partial charge is 0.375 e. The summed E-state index contributed by atoms with van der Waals surface area (Å²) in [6, 6.07) is 4.97. The molecule has 2 saturated heterocycles. The van der Waals surface area contributed by atoms with Gasteiger partial charge in [0, 0.05) is 23.4 Å². The third kappa shape index (κ3) is 3.93. The summed E-state index contributed by atoms with van der Waals surface area (Å²) in [4.78, 5) is 12.3. The van der Waals surface area contributed by atoms with E-state index < -0.39 is 38.4 Å². The van der Waals surface area contributed by atoms with Crippen molar-refractivity contribution in [2.24, 2.45) is 0 Å². The number of nitrogens with one attached hydrogen (secondary N) is 1. The molecule has 3 atom stereocenters. The Labute approximate surface area is 176 Å². The van der Waals surface area contributed by atoms with E-state index in [0.29, 0.717) is 25.0 Å². The van der Waals surface area contributed by atoms with Crippen LogP contribution in [0.1, 0.15) is 36.0 Å². The lowest BCUT2D eigenvalue weighted by Crippen LogP contribution is -2.34. The van der Waals surface area contributed by atoms with Gasteiger partial charge in [-0.15, -0.1) is 0 Å². The third-order valence-electron chi connectivity index (χ3n) is 5.43. The maximum atomic E-state index is 13.4. The number of carbonyl (C=O) groups excluding carboxylic acids is 1. The first-order valence-corrected chi connectivity index (χ1v) is 11.2. The van der Waals surface area contributed by atoms with Gasteiger partial charge in [0.15, 0.2) is 27.3 Å². The molecule has 0 aliphatic carbocycles. The fourth-order valence-corrected chi connectivity index (χ4v) is 6.30. The minimum Gasteiger partial charge on any atom is -0.375 e. The highest BCUT2D eigenvalue weighted by molar-refractivity contribution is 7.92. The maximum Gasteiger partial charge on any atom is 0.255 e. The smallest absolute Gasteiger partial charge is 0.255 e. The average Bonchev–Trinajstić information content (AvgIpc) is 3.03. The summed E-state index contributed by atoms with van der Waals surface area (Å²) in [6.45, 7) is 0. The van der Waals surface area contributed by atoms with Gasteiger partial charge >= 0.3 is 0 Å². The fraction of sp³-hybridized carbons (Fsp3) is 0.350. The van der Waals surface area contributed by atoms with Crippen molar-refractivity contribution in [3.8, 4) is 0 Å². The molecule has 2 aliphatic heterocycles. The lowest BCUT2D eigenvalue weighted by molar-refractivity contribution is 0.00738. The van der Waals surface area contributed by atoms with Gasteiger partial charge < -0.3 is 10.1 Å². The van der Waals surface area contributed by atoms with Crippen molar-refractivity contribution in [2.75, 3.05) is 5.32 Å². The second-order valence-corrected chi connectivity index (χ2v) is 10.1. The van der Waals surface area contributed by atoms with E-state index >= 15 is 0 Å². The predicted molar refractivity (Wildman–Crippen MR) is 104 cm³/mol. The molecule has 1 N–H and O–H groups in total. The van der Waals surface area contributed by atoms with Crippen LogP contribution in [0, 0.1) is 17.5 Å². The molecule has 0 saturated carbocycles. The average molecular weight is 460 g/mol. The monoisotopic (exact) mass is 459 g/mol. The van der Waals surface area contributed by atoms with Gasteiger partial charge in [-0.05, 0) is 43.9 Å². The van der Waals surface area contributed by atoms with Crippen LogP contribution >= 0.6 is 11.6 Å². The zero-order chi connectivity index (χ0) is 21.6. The Bertz CT molecular complexity index is 1090. The standard InChI is InChI=1S/C20H17ClF3NO4S/c21-15-4-1-10(20(26)25-11-6-16(22)19(24)17(23)7-11)5-18(15)30(27,28)14-8-12-2-3-13(9-14)29-12/h1,4-7,12-14H,2-3,8-9H2,(H,25,26)/t12-,13?,14?/m1/s1. The molecule has 4 rings (SSSR count). The molecule has 1 amide bonds. The molecule has 2 bridgehead atoms. The van der Waals surface area contributed by atoms with Gasteiger partial charge in [-0.1, -0.05) is 11.6 Å². The molecule has 2 fully saturated rings. The van der Waals surface area contributed by atoms with E-state index in [4.69, 9.17) is 16.3 Å². The van der Waals surface area contributed by atoms with Crippen molar-refractivity contribution < 1.29 is 31.1 Å². The minimum atomic E-state index is -3.83. The molecule has 2 aliphatic rings. The number of rotatable bonds is 4. The number of halogens is 4. The first-order valence-electron chi connectivity index (χ1n) is 9.30. The summed E-state index contributed by atoms with van der Waals surface area (Å²) >= 11 is 6.13. The van der Waals surface area contributed by atoms with E-state index in [9.17, 15) is 26.4 Å². The van der Waals surface area contributed by atoms with Crippen LogP contribution in [0.2, 0.25) is 5.02 Å². The van der Waals surface area contributed by atoms with Crippen molar-refractivity contribution in [3.05, 3.63) is 58.4 Å². The molecule has 30 heavy (non-hydrogen) atoms. The number of hydrogen-bond acceptors (Lipinski definition) is 4. The third-order valence-corrected chi connectivity index (χ3v) is 8.08. The van der Waals surface area contributed by atoms with Gasteiger partial charge in [0.2, 0.25) is 0 Å². The highest BCUT2D eigenvalue weighted by Crippen LogP contribution is 2.39. The van der Waals surface area contributed by atoms with E-state index in [1.54, 1.807) is 0 Å². The lowest BCUT2D eigenvalue weighted by Gasteiger charge is -2.28. The fourth-order valence-electron chi connectivity index (χ4n) is 3.94. The quantitative estimate of drug-likeness (QED) is 0.684. The van der Waals surface area contributed by atoms with Crippen LogP contribution in [0.25, 0.3) is 0 Å². The number of ether oxygens (including phenoxy) is 1. The summed E-state index contributed by atoms with van der Waals surface area (Å²) in [5, 5.41) is 1.53. The van der Waals surface area contributed by atoms with E-state index in [1.807, 2.05) is 0 Å². The summed E-state index contributed by atoms with van der Waals surface area (Å²) in [6.07, 6.45) is 2.16. The first kappa shape index (κ1) is 21.1. The zero-order valence-electron chi connectivity index (χ0n) is 15.5. The molecular formula is C20H17ClF3NO4S. The van der Waals surface area contributed by atoms with E-state index in [-0.39, 0.29) is 33.4 Å². The highest BCUT2D eigenvalue weighted by Gasteiger charge is 2.42. The maximum absolute atomic E-state index is 13.4. The summed E-state index contributed by atoms with van der Waals surface area (Å²) < 4.78 is 71.9. The number of fused-ring (bicyclic) bond motifs is 2. The van der Waals surface area contributed by atoms with Crippen molar-refractivity contribution >= 4 is 33.0 Å². The SMILES string of the molecule is O=C(Nc1cc(F)c(F)c(F)c1)c1ccc(Cl)c(S(=O)(=O)C2CC3CC[C@H](C2)O3)c1. The number of carbonyl (C=O) groups is 1. The second-order valence-electron chi connectivity index (χ2n) is 7.45. The molecular weight excluding hydrogens is 443 g/mol. The van der Waals surface area contributed by atoms with Gasteiger partial charge in [0.25, 0.3) is 5.91 Å². The Morgan fingerprint density at radius 3 is 2.23 bits per heavy atom. The molecule has 2 aromatic rings. The van der Waals surface area contributed by atoms with Crippen LogP contribution in [-0.2, 0) is 14.6 Å². The van der Waals surface area contributed by atoms with E-state index in [0.717, 1.165) is 18.9 Å². The van der Waals surface area contributed by atoms with Crippen molar-refractivity contribution in [1.82, 2.24) is 0 Å². The second kappa shape index (κ2) is 7.86. The normalized spacial score (nSPS) is 23.4. The van der Waals surface area contributed by atoms with Gasteiger partial charge in [-0.25, -0.2) is 21.6 Å². The summed E-state index contributed by atoms with van der Waals surface area (Å²) in [7, 11) is -3.83. The Kier molecular flexibility index (Phi) is 5.54. The van der Waals surface area contributed by atoms with Gasteiger partial charge in [0.05, 0.1) is 27.4 Å². The van der Waals surface area contributed by atoms with Crippen molar-refractivity contribution in [3.63, 3.8) is 0 Å². The Morgan fingerprint density at radius 1 is 1.03 bits per heavy atom. The molecule has 0 aromatic heterocycles. The molecule has 2 unspecified atom stereocenters.